The van der Waals surface area contributed by atoms with Crippen LogP contribution in [-0.4, -0.2) is 5.78 Å². The number of hydrogen-bond acceptors (Lipinski definition) is 2. The molecule has 0 N–H and O–H groups in total. The molecule has 3 aromatic rings. The molecular formula is C16H9Cl3O2. The van der Waals surface area contributed by atoms with Gasteiger partial charge in [-0.15, -0.1) is 0 Å². The molecule has 21 heavy (non-hydrogen) atoms. The van der Waals surface area contributed by atoms with Crippen LogP contribution < -0.4 is 0 Å². The second kappa shape index (κ2) is 5.72. The maximum Gasteiger partial charge on any atom is 0.202 e. The van der Waals surface area contributed by atoms with Crippen molar-refractivity contribution in [3.8, 4) is 0 Å². The van der Waals surface area contributed by atoms with Crippen LogP contribution in [0.3, 0.4) is 0 Å². The van der Waals surface area contributed by atoms with Gasteiger partial charge in [0.05, 0.1) is 0 Å². The van der Waals surface area contributed by atoms with Crippen molar-refractivity contribution < 1.29 is 9.21 Å². The Kier molecular flexibility index (Phi) is 3.94. The number of halogens is 3. The Bertz CT molecular complexity index is 837. The SMILES string of the molecule is O=C(Cc1ccc(Cl)cc1Cl)c1cc2cc(Cl)ccc2o1. The molecule has 0 unspecified atom stereocenters. The largest absolute Gasteiger partial charge is 0.453 e. The highest BCUT2D eigenvalue weighted by molar-refractivity contribution is 6.35. The van der Waals surface area contributed by atoms with Gasteiger partial charge >= 0.3 is 0 Å². The lowest BCUT2D eigenvalue weighted by atomic mass is 10.1. The quantitative estimate of drug-likeness (QED) is 0.563. The smallest absolute Gasteiger partial charge is 0.202 e. The molecule has 0 aliphatic rings. The molecular weight excluding hydrogens is 331 g/mol. The summed E-state index contributed by atoms with van der Waals surface area (Å²) in [5, 5.41) is 2.40. The number of ketones is 1. The van der Waals surface area contributed by atoms with Crippen molar-refractivity contribution in [1.29, 1.82) is 0 Å². The molecule has 0 aliphatic heterocycles. The molecule has 0 saturated heterocycles. The first-order valence-corrected chi connectivity index (χ1v) is 7.32. The van der Waals surface area contributed by atoms with E-state index in [2.05, 4.69) is 0 Å². The molecule has 0 radical (unpaired) electrons. The predicted octanol–water partition coefficient (Wildman–Crippen LogP) is 5.82. The first-order valence-electron chi connectivity index (χ1n) is 6.19. The van der Waals surface area contributed by atoms with E-state index in [1.165, 1.54) is 0 Å². The van der Waals surface area contributed by atoms with Crippen LogP contribution in [0, 0.1) is 0 Å². The normalized spacial score (nSPS) is 11.0. The molecule has 5 heteroatoms. The van der Waals surface area contributed by atoms with Crippen molar-refractivity contribution in [2.24, 2.45) is 0 Å². The van der Waals surface area contributed by atoms with Gasteiger partial charge in [0.15, 0.2) is 5.76 Å². The average Bonchev–Trinajstić information content (AvgIpc) is 2.85. The van der Waals surface area contributed by atoms with Crippen LogP contribution in [0.15, 0.2) is 46.9 Å². The molecule has 3 rings (SSSR count). The van der Waals surface area contributed by atoms with Gasteiger partial charge in [0, 0.05) is 26.9 Å². The number of Topliss-reactive ketones (excluding diaryl/α,β-unsaturated/α-hetero) is 1. The first-order chi connectivity index (χ1) is 10.0. The van der Waals surface area contributed by atoms with Crippen molar-refractivity contribution >= 4 is 51.6 Å². The Morgan fingerprint density at radius 1 is 0.952 bits per heavy atom. The summed E-state index contributed by atoms with van der Waals surface area (Å²) in [6.07, 6.45) is 0.156. The van der Waals surface area contributed by atoms with Gasteiger partial charge in [-0.1, -0.05) is 40.9 Å². The van der Waals surface area contributed by atoms with Crippen molar-refractivity contribution in [2.45, 2.75) is 6.42 Å². The maximum absolute atomic E-state index is 12.3. The molecule has 0 spiro atoms. The lowest BCUT2D eigenvalue weighted by molar-refractivity contribution is 0.0968. The minimum absolute atomic E-state index is 0.147. The highest BCUT2D eigenvalue weighted by Gasteiger charge is 2.15. The number of fused-ring (bicyclic) bond motifs is 1. The Balaban J connectivity index is 1.89. The van der Waals surface area contributed by atoms with E-state index in [9.17, 15) is 4.79 Å². The maximum atomic E-state index is 12.3. The lowest BCUT2D eigenvalue weighted by Crippen LogP contribution is -2.02. The van der Waals surface area contributed by atoms with Crippen LogP contribution in [0.5, 0.6) is 0 Å². The van der Waals surface area contributed by atoms with Crippen LogP contribution in [0.25, 0.3) is 11.0 Å². The molecule has 2 aromatic carbocycles. The topological polar surface area (TPSA) is 30.2 Å². The highest BCUT2D eigenvalue weighted by Crippen LogP contribution is 2.26. The predicted molar refractivity (Wildman–Crippen MR) is 85.7 cm³/mol. The van der Waals surface area contributed by atoms with E-state index >= 15 is 0 Å². The molecule has 1 heterocycles. The molecule has 0 saturated carbocycles. The van der Waals surface area contributed by atoms with E-state index in [4.69, 9.17) is 39.2 Å². The number of carbonyl (C=O) groups excluding carboxylic acids is 1. The Morgan fingerprint density at radius 2 is 1.67 bits per heavy atom. The van der Waals surface area contributed by atoms with Gasteiger partial charge in [-0.05, 0) is 42.0 Å². The minimum atomic E-state index is -0.147. The molecule has 0 atom stereocenters. The van der Waals surface area contributed by atoms with Gasteiger partial charge in [-0.3, -0.25) is 4.79 Å². The number of benzene rings is 2. The van der Waals surface area contributed by atoms with Gasteiger partial charge < -0.3 is 4.42 Å². The molecule has 2 nitrogen and oxygen atoms in total. The number of rotatable bonds is 3. The second-order valence-electron chi connectivity index (χ2n) is 4.63. The van der Waals surface area contributed by atoms with Crippen molar-refractivity contribution in [3.05, 3.63) is 68.9 Å². The van der Waals surface area contributed by atoms with E-state index in [0.717, 1.165) is 5.39 Å². The van der Waals surface area contributed by atoms with Crippen LogP contribution in [0.1, 0.15) is 16.1 Å². The lowest BCUT2D eigenvalue weighted by Gasteiger charge is -2.02. The molecule has 0 amide bonds. The average molecular weight is 340 g/mol. The van der Waals surface area contributed by atoms with E-state index in [0.29, 0.717) is 32.0 Å². The van der Waals surface area contributed by atoms with Gasteiger partial charge in [-0.25, -0.2) is 0 Å². The summed E-state index contributed by atoms with van der Waals surface area (Å²) in [5.41, 5.74) is 1.34. The standard InChI is InChI=1S/C16H9Cl3O2/c17-11-3-4-15-10(5-11)7-16(21-15)14(20)6-9-1-2-12(18)8-13(9)19/h1-5,7-8H,6H2. The van der Waals surface area contributed by atoms with Crippen molar-refractivity contribution in [1.82, 2.24) is 0 Å². The summed E-state index contributed by atoms with van der Waals surface area (Å²) in [6.45, 7) is 0. The van der Waals surface area contributed by atoms with Gasteiger partial charge in [0.2, 0.25) is 5.78 Å². The van der Waals surface area contributed by atoms with Crippen molar-refractivity contribution in [3.63, 3.8) is 0 Å². The summed E-state index contributed by atoms with van der Waals surface area (Å²) in [7, 11) is 0. The van der Waals surface area contributed by atoms with E-state index < -0.39 is 0 Å². The summed E-state index contributed by atoms with van der Waals surface area (Å²) in [6, 6.07) is 12.0. The van der Waals surface area contributed by atoms with Gasteiger partial charge in [0.25, 0.3) is 0 Å². The zero-order chi connectivity index (χ0) is 15.0. The monoisotopic (exact) mass is 338 g/mol. The fraction of sp³-hybridized carbons (Fsp3) is 0.0625. The van der Waals surface area contributed by atoms with Crippen LogP contribution >= 0.6 is 34.8 Å². The third-order valence-electron chi connectivity index (χ3n) is 3.12. The molecule has 0 bridgehead atoms. The van der Waals surface area contributed by atoms with Crippen LogP contribution in [0.4, 0.5) is 0 Å². The summed E-state index contributed by atoms with van der Waals surface area (Å²) in [5.74, 6) is 0.143. The third-order valence-corrected chi connectivity index (χ3v) is 3.94. The zero-order valence-corrected chi connectivity index (χ0v) is 13.0. The fourth-order valence-corrected chi connectivity index (χ4v) is 2.73. The number of furan rings is 1. The van der Waals surface area contributed by atoms with Gasteiger partial charge in [0.1, 0.15) is 5.58 Å². The summed E-state index contributed by atoms with van der Waals surface area (Å²) in [4.78, 5) is 12.3. The molecule has 0 fully saturated rings. The van der Waals surface area contributed by atoms with Crippen LogP contribution in [0.2, 0.25) is 15.1 Å². The number of hydrogen-bond donors (Lipinski definition) is 0. The Morgan fingerprint density at radius 3 is 2.43 bits per heavy atom. The first kappa shape index (κ1) is 14.5. The Labute approximate surface area is 136 Å². The van der Waals surface area contributed by atoms with Crippen LogP contribution in [-0.2, 0) is 6.42 Å². The zero-order valence-electron chi connectivity index (χ0n) is 10.7. The highest BCUT2D eigenvalue weighted by atomic mass is 35.5. The number of carbonyl (C=O) groups is 1. The van der Waals surface area contributed by atoms with E-state index in [1.54, 1.807) is 42.5 Å². The van der Waals surface area contributed by atoms with Gasteiger partial charge in [-0.2, -0.15) is 0 Å². The second-order valence-corrected chi connectivity index (χ2v) is 5.91. The third kappa shape index (κ3) is 3.08. The molecule has 106 valence electrons. The molecule has 0 aliphatic carbocycles. The molecule has 1 aromatic heterocycles. The van der Waals surface area contributed by atoms with Crippen molar-refractivity contribution in [2.75, 3.05) is 0 Å². The van der Waals surface area contributed by atoms with E-state index in [-0.39, 0.29) is 12.2 Å². The summed E-state index contributed by atoms with van der Waals surface area (Å²) < 4.78 is 5.54. The van der Waals surface area contributed by atoms with E-state index in [1.807, 2.05) is 0 Å². The Hall–Kier alpha value is -1.48. The fourth-order valence-electron chi connectivity index (χ4n) is 2.08. The minimum Gasteiger partial charge on any atom is -0.453 e. The summed E-state index contributed by atoms with van der Waals surface area (Å²) >= 11 is 17.8.